The Balaban J connectivity index is 0.000000162. The number of carboxylic acid groups (broad SMARTS) is 1. The summed E-state index contributed by atoms with van der Waals surface area (Å²) in [6.07, 6.45) is 9.40. The summed E-state index contributed by atoms with van der Waals surface area (Å²) in [5, 5.41) is 27.2. The van der Waals surface area contributed by atoms with Crippen LogP contribution in [0.1, 0.15) is 98.6 Å². The number of ether oxygens (including phenoxy) is 3. The summed E-state index contributed by atoms with van der Waals surface area (Å²) in [5.74, 6) is -1.38. The Hall–Kier alpha value is -8.24. The van der Waals surface area contributed by atoms with E-state index < -0.39 is 35.7 Å². The molecule has 2 atom stereocenters. The average molecular weight is 1040 g/mol. The van der Waals surface area contributed by atoms with Gasteiger partial charge in [0.2, 0.25) is 0 Å². The zero-order valence-electron chi connectivity index (χ0n) is 43.1. The van der Waals surface area contributed by atoms with Crippen molar-refractivity contribution < 1.29 is 46.7 Å². The number of aryl methyl sites for hydroxylation is 7. The highest BCUT2D eigenvalue weighted by molar-refractivity contribution is 6.13. The Morgan fingerprint density at radius 2 is 1.18 bits per heavy atom. The summed E-state index contributed by atoms with van der Waals surface area (Å²) >= 11 is 0. The van der Waals surface area contributed by atoms with Crippen LogP contribution in [0.5, 0.6) is 0 Å². The van der Waals surface area contributed by atoms with Crippen molar-refractivity contribution in [1.29, 1.82) is 0 Å². The van der Waals surface area contributed by atoms with Gasteiger partial charge in [0.15, 0.2) is 11.4 Å². The highest BCUT2D eigenvalue weighted by Gasteiger charge is 2.39. The molecule has 2 aliphatic rings. The topological polar surface area (TPSA) is 231 Å². The summed E-state index contributed by atoms with van der Waals surface area (Å²) in [6.45, 7) is 11.6. The minimum atomic E-state index is -1.17. The molecular weight excluding hydrogens is 983 g/mol. The van der Waals surface area contributed by atoms with E-state index in [9.17, 15) is 14.7 Å². The molecule has 76 heavy (non-hydrogen) atoms. The van der Waals surface area contributed by atoms with Crippen molar-refractivity contribution in [2.75, 3.05) is 33.5 Å². The lowest BCUT2D eigenvalue weighted by Gasteiger charge is -2.32. The maximum Gasteiger partial charge on any atom is 0.360 e. The van der Waals surface area contributed by atoms with Gasteiger partial charge in [0, 0.05) is 87.6 Å². The molecule has 0 aliphatic carbocycles. The van der Waals surface area contributed by atoms with E-state index >= 15 is 8.78 Å². The number of aromatic nitrogens is 12. The van der Waals surface area contributed by atoms with Crippen molar-refractivity contribution in [2.24, 2.45) is 25.9 Å². The molecule has 0 bridgehead atoms. The van der Waals surface area contributed by atoms with Gasteiger partial charge in [-0.3, -0.25) is 29.3 Å². The molecule has 2 fully saturated rings. The number of carboxylic acids is 1. The van der Waals surface area contributed by atoms with E-state index in [1.54, 1.807) is 55.7 Å². The highest BCUT2D eigenvalue weighted by atomic mass is 19.1. The molecule has 0 aromatic carbocycles. The second-order valence-corrected chi connectivity index (χ2v) is 19.4. The molecular formula is C54H54F2N12O8. The standard InChI is InChI=1S/2C27H27FN6O4/c1-14-20(15(2)38-32-14)17-12-19-22(30-13-17)25-26(23(27(35)36-4)31-33(25)3)34(19)24(16-7-10-37-11-8-16)21-18(28)6-5-9-29-21;1-13-17(19-14(2)32-38-15(19)3)12-30-21-23(13)34(26-22(27(35)36)31-33(4)25(21)26)24(16-7-10-37-11-8-16)20-18(28)6-5-9-29-20/h5-6,9,12-13,16,24H,7-8,10-11H2,1-4H3;5-6,9,12,16,24H,7-8,10-11H2,1-4H3,(H,35,36)/t2*24-/m11/s1. The first-order valence-corrected chi connectivity index (χ1v) is 25.0. The van der Waals surface area contributed by atoms with Crippen LogP contribution < -0.4 is 0 Å². The predicted octanol–water partition coefficient (Wildman–Crippen LogP) is 9.28. The maximum absolute atomic E-state index is 15.5. The number of halogens is 2. The molecule has 22 heteroatoms. The third-order valence-electron chi connectivity index (χ3n) is 15.0. The Morgan fingerprint density at radius 1 is 0.671 bits per heavy atom. The Bertz CT molecular complexity index is 3850. The first kappa shape index (κ1) is 49.9. The van der Waals surface area contributed by atoms with Crippen LogP contribution in [0.15, 0.2) is 64.2 Å². The summed E-state index contributed by atoms with van der Waals surface area (Å²) in [4.78, 5) is 44.0. The monoisotopic (exact) mass is 1040 g/mol. The third-order valence-corrected chi connectivity index (χ3v) is 15.0. The Labute approximate surface area is 432 Å². The molecule has 1 N–H and O–H groups in total. The summed E-state index contributed by atoms with van der Waals surface area (Å²) in [6, 6.07) is 6.76. The molecule has 12 heterocycles. The normalized spacial score (nSPS) is 15.4. The van der Waals surface area contributed by atoms with Gasteiger partial charge in [0.05, 0.1) is 53.0 Å². The van der Waals surface area contributed by atoms with Crippen molar-refractivity contribution in [3.63, 3.8) is 0 Å². The van der Waals surface area contributed by atoms with Crippen molar-refractivity contribution in [2.45, 2.75) is 72.4 Å². The van der Waals surface area contributed by atoms with Crippen molar-refractivity contribution >= 4 is 56.1 Å². The predicted molar refractivity (Wildman–Crippen MR) is 273 cm³/mol. The van der Waals surface area contributed by atoms with Crippen LogP contribution in [-0.2, 0) is 28.3 Å². The molecule has 20 nitrogen and oxygen atoms in total. The number of pyridine rings is 4. The minimum absolute atomic E-state index is 0.0135. The van der Waals surface area contributed by atoms with Gasteiger partial charge in [-0.15, -0.1) is 0 Å². The third kappa shape index (κ3) is 8.17. The van der Waals surface area contributed by atoms with Crippen LogP contribution in [0.25, 0.3) is 66.4 Å². The zero-order valence-corrected chi connectivity index (χ0v) is 43.1. The van der Waals surface area contributed by atoms with Gasteiger partial charge < -0.3 is 37.5 Å². The van der Waals surface area contributed by atoms with E-state index in [0.29, 0.717) is 108 Å². The Kier molecular flexibility index (Phi) is 13.0. The molecule has 2 saturated heterocycles. The molecule has 0 unspecified atom stereocenters. The van der Waals surface area contributed by atoms with E-state index in [4.69, 9.17) is 33.2 Å². The molecule has 12 rings (SSSR count). The van der Waals surface area contributed by atoms with E-state index in [-0.39, 0.29) is 28.9 Å². The van der Waals surface area contributed by atoms with Gasteiger partial charge in [-0.05, 0) is 108 Å². The molecule has 392 valence electrons. The molecule has 0 radical (unpaired) electrons. The fourth-order valence-electron chi connectivity index (χ4n) is 11.6. The number of carbonyl (C=O) groups excluding carboxylic acids is 1. The van der Waals surface area contributed by atoms with Crippen LogP contribution in [-0.4, -0.2) is 110 Å². The maximum atomic E-state index is 15.5. The van der Waals surface area contributed by atoms with E-state index in [1.807, 2.05) is 49.8 Å². The number of carbonyl (C=O) groups is 2. The van der Waals surface area contributed by atoms with Crippen LogP contribution in [0.4, 0.5) is 8.78 Å². The Morgan fingerprint density at radius 3 is 1.71 bits per heavy atom. The molecule has 0 spiro atoms. The number of methoxy groups -OCH3 is 1. The SMILES string of the molecule is COC(=O)c1nn(C)c2c3ncc(-c4c(C)noc4C)cc3n([C@@H](c3ncccc3F)C3CCOCC3)c12.Cc1noc(C)c1-c1cnc2c3c(c(C(=O)O)nn3C)n([C@@H](c3ncccc3F)C3CCOCC3)c2c1C. The quantitative estimate of drug-likeness (QED) is 0.126. The fraction of sp³-hybridized carbons (Fsp3) is 0.370. The summed E-state index contributed by atoms with van der Waals surface area (Å²) in [7, 11) is 4.77. The molecule has 0 saturated carbocycles. The molecule has 0 amide bonds. The minimum Gasteiger partial charge on any atom is -0.476 e. The zero-order chi connectivity index (χ0) is 53.3. The number of esters is 1. The van der Waals surface area contributed by atoms with E-state index in [1.165, 1.54) is 23.9 Å². The molecule has 10 aromatic rings. The van der Waals surface area contributed by atoms with Gasteiger partial charge in [-0.2, -0.15) is 10.2 Å². The van der Waals surface area contributed by atoms with Crippen LogP contribution in [0.2, 0.25) is 0 Å². The number of fused-ring (bicyclic) bond motifs is 6. The fourth-order valence-corrected chi connectivity index (χ4v) is 11.6. The van der Waals surface area contributed by atoms with Crippen molar-refractivity contribution in [3.8, 4) is 22.3 Å². The largest absolute Gasteiger partial charge is 0.476 e. The van der Waals surface area contributed by atoms with Gasteiger partial charge in [-0.25, -0.2) is 18.4 Å². The van der Waals surface area contributed by atoms with E-state index in [2.05, 4.69) is 30.5 Å². The number of rotatable bonds is 10. The molecule has 10 aromatic heterocycles. The number of aromatic carboxylic acids is 1. The lowest BCUT2D eigenvalue weighted by molar-refractivity contribution is 0.0539. The van der Waals surface area contributed by atoms with Gasteiger partial charge in [-0.1, -0.05) is 10.3 Å². The number of hydrogen-bond acceptors (Lipinski definition) is 15. The molecule has 2 aliphatic heterocycles. The van der Waals surface area contributed by atoms with E-state index in [0.717, 1.165) is 44.7 Å². The smallest absolute Gasteiger partial charge is 0.360 e. The average Bonchev–Trinajstić information content (AvgIpc) is 4.33. The lowest BCUT2D eigenvalue weighted by atomic mass is 9.88. The number of hydrogen-bond donors (Lipinski definition) is 1. The van der Waals surface area contributed by atoms with Crippen LogP contribution >= 0.6 is 0 Å². The lowest BCUT2D eigenvalue weighted by Crippen LogP contribution is -2.28. The second-order valence-electron chi connectivity index (χ2n) is 19.4. The first-order chi connectivity index (χ1) is 36.7. The second kappa shape index (κ2) is 19.8. The summed E-state index contributed by atoms with van der Waals surface area (Å²) in [5.41, 5.74) is 10.9. The number of nitrogens with zero attached hydrogens (tertiary/aromatic N) is 12. The first-order valence-electron chi connectivity index (χ1n) is 25.0. The highest BCUT2D eigenvalue weighted by Crippen LogP contribution is 2.46. The summed E-state index contributed by atoms with van der Waals surface area (Å²) < 4.78 is 65.2. The van der Waals surface area contributed by atoms with Gasteiger partial charge >= 0.3 is 11.9 Å². The van der Waals surface area contributed by atoms with Gasteiger partial charge in [0.25, 0.3) is 0 Å². The van der Waals surface area contributed by atoms with Crippen molar-refractivity contribution in [1.82, 2.24) is 58.9 Å². The van der Waals surface area contributed by atoms with Crippen LogP contribution in [0.3, 0.4) is 0 Å². The van der Waals surface area contributed by atoms with Crippen molar-refractivity contribution in [3.05, 3.63) is 118 Å². The van der Waals surface area contributed by atoms with Crippen LogP contribution in [0, 0.1) is 58.1 Å². The van der Waals surface area contributed by atoms with Gasteiger partial charge in [0.1, 0.15) is 56.3 Å².